The molecule has 0 amide bonds. The SMILES string of the molecule is O=C(O)CN1C[C@@]2([N+](=O)[O-])C=C(C(=O)O)C[C@]([N+](=O)[O-])(C1)C2. The highest BCUT2D eigenvalue weighted by Gasteiger charge is 2.64. The molecule has 1 fully saturated rings. The fourth-order valence-corrected chi connectivity index (χ4v) is 3.29. The van der Waals surface area contributed by atoms with Crippen LogP contribution >= 0.6 is 0 Å². The molecule has 1 saturated heterocycles. The second-order valence-corrected chi connectivity index (χ2v) is 5.71. The minimum atomic E-state index is -1.97. The van der Waals surface area contributed by atoms with Crippen LogP contribution in [0, 0.1) is 20.2 Å². The van der Waals surface area contributed by atoms with Gasteiger partial charge in [-0.3, -0.25) is 29.9 Å². The second kappa shape index (κ2) is 5.02. The Hall–Kier alpha value is -2.56. The van der Waals surface area contributed by atoms with Crippen LogP contribution in [-0.2, 0) is 9.59 Å². The largest absolute Gasteiger partial charge is 0.480 e. The second-order valence-electron chi connectivity index (χ2n) is 5.71. The average Bonchev–Trinajstić information content (AvgIpc) is 2.36. The predicted molar refractivity (Wildman–Crippen MR) is 68.5 cm³/mol. The molecule has 1 aliphatic carbocycles. The van der Waals surface area contributed by atoms with E-state index in [9.17, 15) is 29.8 Å². The van der Waals surface area contributed by atoms with Gasteiger partial charge in [0.25, 0.3) is 5.54 Å². The number of carboxylic acids is 2. The zero-order valence-electron chi connectivity index (χ0n) is 11.3. The topological polar surface area (TPSA) is 164 Å². The van der Waals surface area contributed by atoms with Gasteiger partial charge in [0.05, 0.1) is 32.5 Å². The molecule has 0 aromatic heterocycles. The van der Waals surface area contributed by atoms with Crippen molar-refractivity contribution in [1.82, 2.24) is 4.90 Å². The predicted octanol–water partition coefficient (Wildman–Crippen LogP) is -0.778. The Kier molecular flexibility index (Phi) is 3.61. The van der Waals surface area contributed by atoms with Gasteiger partial charge in [-0.15, -0.1) is 0 Å². The van der Waals surface area contributed by atoms with Gasteiger partial charge < -0.3 is 10.2 Å². The molecule has 0 aromatic rings. The molecule has 0 aromatic carbocycles. The van der Waals surface area contributed by atoms with Crippen LogP contribution in [0.1, 0.15) is 12.8 Å². The number of carbonyl (C=O) groups is 2. The van der Waals surface area contributed by atoms with E-state index in [2.05, 4.69) is 0 Å². The van der Waals surface area contributed by atoms with Crippen molar-refractivity contribution in [3.63, 3.8) is 0 Å². The average molecular weight is 315 g/mol. The molecule has 2 N–H and O–H groups in total. The highest BCUT2D eigenvalue weighted by Crippen LogP contribution is 2.43. The number of piperidine rings is 1. The van der Waals surface area contributed by atoms with Crippen molar-refractivity contribution in [2.45, 2.75) is 23.9 Å². The summed E-state index contributed by atoms with van der Waals surface area (Å²) < 4.78 is 0. The Labute approximate surface area is 123 Å². The van der Waals surface area contributed by atoms with Crippen LogP contribution in [0.5, 0.6) is 0 Å². The zero-order chi connectivity index (χ0) is 16.7. The molecular weight excluding hydrogens is 302 g/mol. The normalized spacial score (nSPS) is 31.2. The molecule has 120 valence electrons. The number of likely N-dealkylation sites (tertiary alicyclic amines) is 1. The third-order valence-corrected chi connectivity index (χ3v) is 4.00. The summed E-state index contributed by atoms with van der Waals surface area (Å²) in [6, 6.07) is 0. The summed E-state index contributed by atoms with van der Waals surface area (Å²) in [5.74, 6) is -2.71. The number of aliphatic carboxylic acids is 2. The van der Waals surface area contributed by atoms with Gasteiger partial charge in [0.15, 0.2) is 0 Å². The minimum absolute atomic E-state index is 0.341. The number of fused-ring (bicyclic) bond motifs is 2. The molecule has 1 heterocycles. The molecular formula is C11H13N3O8. The maximum Gasteiger partial charge on any atom is 0.331 e. The Morgan fingerprint density at radius 1 is 1.23 bits per heavy atom. The molecule has 0 spiro atoms. The molecule has 22 heavy (non-hydrogen) atoms. The van der Waals surface area contributed by atoms with Crippen molar-refractivity contribution < 1.29 is 29.6 Å². The first-order valence-corrected chi connectivity index (χ1v) is 6.28. The highest BCUT2D eigenvalue weighted by molar-refractivity contribution is 5.87. The molecule has 11 nitrogen and oxygen atoms in total. The molecule has 0 unspecified atom stereocenters. The number of carboxylic acid groups (broad SMARTS) is 2. The van der Waals surface area contributed by atoms with Crippen LogP contribution in [0.25, 0.3) is 0 Å². The van der Waals surface area contributed by atoms with Gasteiger partial charge in [0.1, 0.15) is 0 Å². The van der Waals surface area contributed by atoms with E-state index >= 15 is 0 Å². The standard InChI is InChI=1S/C11H13N3O8/c15-8(16)3-12-5-10(13(19)20)1-7(9(17)18)2-11(4-10,6-12)14(21)22/h1H,2-6H2,(H,15,16)(H,17,18)/t10-,11-/m1/s1. The van der Waals surface area contributed by atoms with E-state index in [1.807, 2.05) is 0 Å². The summed E-state index contributed by atoms with van der Waals surface area (Å²) >= 11 is 0. The lowest BCUT2D eigenvalue weighted by Crippen LogP contribution is -2.67. The first kappa shape index (κ1) is 15.8. The van der Waals surface area contributed by atoms with Crippen molar-refractivity contribution in [1.29, 1.82) is 0 Å². The van der Waals surface area contributed by atoms with Crippen LogP contribution < -0.4 is 0 Å². The lowest BCUT2D eigenvalue weighted by Gasteiger charge is -2.44. The van der Waals surface area contributed by atoms with E-state index in [0.29, 0.717) is 0 Å². The smallest absolute Gasteiger partial charge is 0.331 e. The number of nitrogens with zero attached hydrogens (tertiary/aromatic N) is 3. The van der Waals surface area contributed by atoms with Gasteiger partial charge in [0.2, 0.25) is 5.54 Å². The van der Waals surface area contributed by atoms with Gasteiger partial charge in [-0.25, -0.2) is 4.79 Å². The quantitative estimate of drug-likeness (QED) is 0.489. The van der Waals surface area contributed by atoms with Crippen molar-refractivity contribution in [2.75, 3.05) is 19.6 Å². The van der Waals surface area contributed by atoms with E-state index in [4.69, 9.17) is 10.2 Å². The molecule has 0 radical (unpaired) electrons. The van der Waals surface area contributed by atoms with Gasteiger partial charge in [-0.05, 0) is 0 Å². The first-order chi connectivity index (χ1) is 10.1. The molecule has 2 rings (SSSR count). The Bertz CT molecular complexity index is 602. The third-order valence-electron chi connectivity index (χ3n) is 4.00. The van der Waals surface area contributed by atoms with Gasteiger partial charge in [-0.1, -0.05) is 0 Å². The fourth-order valence-electron chi connectivity index (χ4n) is 3.29. The number of nitro groups is 2. The molecule has 2 bridgehead atoms. The molecule has 2 atom stereocenters. The maximum absolute atomic E-state index is 11.4. The lowest BCUT2D eigenvalue weighted by molar-refractivity contribution is -0.619. The number of hydrogen-bond donors (Lipinski definition) is 2. The van der Waals surface area contributed by atoms with Gasteiger partial charge in [0, 0.05) is 21.5 Å². The van der Waals surface area contributed by atoms with Crippen molar-refractivity contribution in [3.05, 3.63) is 31.9 Å². The van der Waals surface area contributed by atoms with Crippen LogP contribution in [-0.4, -0.2) is 67.6 Å². The lowest BCUT2D eigenvalue weighted by atomic mass is 9.69. The zero-order valence-corrected chi connectivity index (χ0v) is 11.3. The van der Waals surface area contributed by atoms with E-state index < -0.39 is 52.2 Å². The Morgan fingerprint density at radius 2 is 1.86 bits per heavy atom. The Morgan fingerprint density at radius 3 is 2.32 bits per heavy atom. The molecule has 2 aliphatic rings. The molecule has 0 saturated carbocycles. The summed E-state index contributed by atoms with van der Waals surface area (Å²) in [7, 11) is 0. The summed E-state index contributed by atoms with van der Waals surface area (Å²) in [5, 5.41) is 40.8. The molecule has 1 aliphatic heterocycles. The van der Waals surface area contributed by atoms with Crippen molar-refractivity contribution >= 4 is 11.9 Å². The molecule has 11 heteroatoms. The van der Waals surface area contributed by atoms with E-state index in [-0.39, 0.29) is 18.7 Å². The summed E-state index contributed by atoms with van der Waals surface area (Å²) in [4.78, 5) is 44.5. The van der Waals surface area contributed by atoms with Gasteiger partial charge in [-0.2, -0.15) is 0 Å². The number of hydrogen-bond acceptors (Lipinski definition) is 7. The van der Waals surface area contributed by atoms with Crippen LogP contribution in [0.15, 0.2) is 11.6 Å². The van der Waals surface area contributed by atoms with Crippen LogP contribution in [0.3, 0.4) is 0 Å². The van der Waals surface area contributed by atoms with E-state index in [1.165, 1.54) is 0 Å². The minimum Gasteiger partial charge on any atom is -0.480 e. The van der Waals surface area contributed by atoms with Gasteiger partial charge >= 0.3 is 11.9 Å². The monoisotopic (exact) mass is 315 g/mol. The van der Waals surface area contributed by atoms with E-state index in [0.717, 1.165) is 11.0 Å². The first-order valence-electron chi connectivity index (χ1n) is 6.28. The summed E-state index contributed by atoms with van der Waals surface area (Å²) in [5.41, 5.74) is -4.22. The summed E-state index contributed by atoms with van der Waals surface area (Å²) in [6.07, 6.45) is -0.000957. The summed E-state index contributed by atoms with van der Waals surface area (Å²) in [6.45, 7) is -1.30. The third kappa shape index (κ3) is 2.50. The van der Waals surface area contributed by atoms with E-state index in [1.54, 1.807) is 0 Å². The maximum atomic E-state index is 11.4. The van der Waals surface area contributed by atoms with Crippen LogP contribution in [0.4, 0.5) is 0 Å². The Balaban J connectivity index is 2.54. The number of rotatable bonds is 5. The fraction of sp³-hybridized carbons (Fsp3) is 0.636. The van der Waals surface area contributed by atoms with Crippen LogP contribution in [0.2, 0.25) is 0 Å². The highest BCUT2D eigenvalue weighted by atomic mass is 16.6. The van der Waals surface area contributed by atoms with Crippen molar-refractivity contribution in [2.24, 2.45) is 0 Å². The van der Waals surface area contributed by atoms with Crippen molar-refractivity contribution in [3.8, 4) is 0 Å².